The first-order chi connectivity index (χ1) is 15.9. The van der Waals surface area contributed by atoms with Crippen LogP contribution >= 0.6 is 0 Å². The molecule has 0 fully saturated rings. The molecular formula is C24H26N2O6S. The van der Waals surface area contributed by atoms with E-state index in [-0.39, 0.29) is 24.0 Å². The van der Waals surface area contributed by atoms with Gasteiger partial charge in [-0.2, -0.15) is 0 Å². The maximum absolute atomic E-state index is 12.5. The molecule has 3 rings (SSSR count). The SMILES string of the molecule is COc1ccc(CNC(=O)COc2ccc(S(=O)(=O)NCc3ccccc3)cc2)cc1OC. The Morgan fingerprint density at radius 2 is 1.52 bits per heavy atom. The number of ether oxygens (including phenoxy) is 3. The third-order valence-corrected chi connectivity index (χ3v) is 6.17. The van der Waals surface area contributed by atoms with Gasteiger partial charge in [0.05, 0.1) is 19.1 Å². The molecular weight excluding hydrogens is 444 g/mol. The minimum atomic E-state index is -3.66. The molecule has 3 aromatic carbocycles. The van der Waals surface area contributed by atoms with Crippen LogP contribution in [0.15, 0.2) is 77.7 Å². The van der Waals surface area contributed by atoms with E-state index in [1.165, 1.54) is 24.3 Å². The van der Waals surface area contributed by atoms with Gasteiger partial charge in [-0.05, 0) is 47.5 Å². The van der Waals surface area contributed by atoms with E-state index in [2.05, 4.69) is 10.0 Å². The van der Waals surface area contributed by atoms with Crippen LogP contribution < -0.4 is 24.2 Å². The van der Waals surface area contributed by atoms with E-state index >= 15 is 0 Å². The van der Waals surface area contributed by atoms with Crippen LogP contribution in [0.3, 0.4) is 0 Å². The lowest BCUT2D eigenvalue weighted by molar-refractivity contribution is -0.123. The molecule has 0 aliphatic rings. The van der Waals surface area contributed by atoms with Gasteiger partial charge in [-0.15, -0.1) is 0 Å². The third kappa shape index (κ3) is 6.96. The van der Waals surface area contributed by atoms with Gasteiger partial charge in [-0.3, -0.25) is 4.79 Å². The Kier molecular flexibility index (Phi) is 8.28. The number of hydrogen-bond acceptors (Lipinski definition) is 6. The molecule has 0 spiro atoms. The highest BCUT2D eigenvalue weighted by atomic mass is 32.2. The van der Waals surface area contributed by atoms with Crippen molar-refractivity contribution in [1.29, 1.82) is 0 Å². The summed E-state index contributed by atoms with van der Waals surface area (Å²) < 4.78 is 43.4. The molecule has 174 valence electrons. The van der Waals surface area contributed by atoms with Crippen molar-refractivity contribution in [2.45, 2.75) is 18.0 Å². The molecule has 3 aromatic rings. The zero-order valence-electron chi connectivity index (χ0n) is 18.4. The zero-order chi connectivity index (χ0) is 23.7. The summed E-state index contributed by atoms with van der Waals surface area (Å²) in [6, 6.07) is 20.5. The van der Waals surface area contributed by atoms with Crippen LogP contribution in [0.2, 0.25) is 0 Å². The predicted octanol–water partition coefficient (Wildman–Crippen LogP) is 2.88. The number of hydrogen-bond donors (Lipinski definition) is 2. The van der Waals surface area contributed by atoms with Crippen LogP contribution in [0.5, 0.6) is 17.2 Å². The van der Waals surface area contributed by atoms with Crippen LogP contribution in [0.4, 0.5) is 0 Å². The maximum Gasteiger partial charge on any atom is 0.258 e. The van der Waals surface area contributed by atoms with Gasteiger partial charge < -0.3 is 19.5 Å². The minimum Gasteiger partial charge on any atom is -0.493 e. The summed E-state index contributed by atoms with van der Waals surface area (Å²) >= 11 is 0. The summed E-state index contributed by atoms with van der Waals surface area (Å²) in [6.07, 6.45) is 0. The number of sulfonamides is 1. The highest BCUT2D eigenvalue weighted by Gasteiger charge is 2.14. The summed E-state index contributed by atoms with van der Waals surface area (Å²) in [4.78, 5) is 12.2. The van der Waals surface area contributed by atoms with Crippen molar-refractivity contribution in [3.63, 3.8) is 0 Å². The number of benzene rings is 3. The summed E-state index contributed by atoms with van der Waals surface area (Å²) in [5.41, 5.74) is 1.71. The molecule has 0 radical (unpaired) electrons. The summed E-state index contributed by atoms with van der Waals surface area (Å²) in [7, 11) is -0.560. The molecule has 33 heavy (non-hydrogen) atoms. The monoisotopic (exact) mass is 470 g/mol. The predicted molar refractivity (Wildman–Crippen MR) is 124 cm³/mol. The summed E-state index contributed by atoms with van der Waals surface area (Å²) in [5, 5.41) is 2.76. The van der Waals surface area contributed by atoms with E-state index in [9.17, 15) is 13.2 Å². The lowest BCUT2D eigenvalue weighted by Crippen LogP contribution is -2.28. The van der Waals surface area contributed by atoms with Crippen molar-refractivity contribution in [1.82, 2.24) is 10.0 Å². The van der Waals surface area contributed by atoms with Gasteiger partial charge in [0.2, 0.25) is 10.0 Å². The smallest absolute Gasteiger partial charge is 0.258 e. The lowest BCUT2D eigenvalue weighted by Gasteiger charge is -2.11. The number of methoxy groups -OCH3 is 2. The molecule has 0 unspecified atom stereocenters. The van der Waals surface area contributed by atoms with E-state index in [0.29, 0.717) is 23.8 Å². The molecule has 9 heteroatoms. The molecule has 2 N–H and O–H groups in total. The van der Waals surface area contributed by atoms with E-state index in [0.717, 1.165) is 11.1 Å². The maximum atomic E-state index is 12.5. The highest BCUT2D eigenvalue weighted by Crippen LogP contribution is 2.27. The Hall–Kier alpha value is -3.56. The zero-order valence-corrected chi connectivity index (χ0v) is 19.2. The fourth-order valence-corrected chi connectivity index (χ4v) is 3.98. The van der Waals surface area contributed by atoms with Crippen LogP contribution in [0.25, 0.3) is 0 Å². The Bertz CT molecular complexity index is 1170. The van der Waals surface area contributed by atoms with E-state index in [1.54, 1.807) is 26.4 Å². The van der Waals surface area contributed by atoms with E-state index in [4.69, 9.17) is 14.2 Å². The van der Waals surface area contributed by atoms with Gasteiger partial charge in [-0.25, -0.2) is 13.1 Å². The highest BCUT2D eigenvalue weighted by molar-refractivity contribution is 7.89. The largest absolute Gasteiger partial charge is 0.493 e. The molecule has 0 saturated heterocycles. The third-order valence-electron chi connectivity index (χ3n) is 4.75. The van der Waals surface area contributed by atoms with Gasteiger partial charge in [-0.1, -0.05) is 36.4 Å². The second-order valence-electron chi connectivity index (χ2n) is 7.04. The second-order valence-corrected chi connectivity index (χ2v) is 8.80. The number of nitrogens with one attached hydrogen (secondary N) is 2. The molecule has 0 heterocycles. The number of rotatable bonds is 11. The fourth-order valence-electron chi connectivity index (χ4n) is 2.96. The van der Waals surface area contributed by atoms with Gasteiger partial charge >= 0.3 is 0 Å². The minimum absolute atomic E-state index is 0.115. The average Bonchev–Trinajstić information content (AvgIpc) is 2.85. The Labute approximate surface area is 193 Å². The molecule has 0 aromatic heterocycles. The normalized spacial score (nSPS) is 11.0. The number of carbonyl (C=O) groups is 1. The van der Waals surface area contributed by atoms with Gasteiger partial charge in [0.1, 0.15) is 5.75 Å². The Morgan fingerprint density at radius 1 is 0.818 bits per heavy atom. The second kappa shape index (κ2) is 11.3. The van der Waals surface area contributed by atoms with Crippen LogP contribution in [0.1, 0.15) is 11.1 Å². The number of amides is 1. The molecule has 0 aliphatic carbocycles. The Balaban J connectivity index is 1.48. The van der Waals surface area contributed by atoms with Crippen molar-refractivity contribution in [2.75, 3.05) is 20.8 Å². The van der Waals surface area contributed by atoms with Gasteiger partial charge in [0.15, 0.2) is 18.1 Å². The first kappa shape index (κ1) is 24.1. The average molecular weight is 471 g/mol. The fraction of sp³-hybridized carbons (Fsp3) is 0.208. The van der Waals surface area contributed by atoms with Crippen LogP contribution in [0, 0.1) is 0 Å². The van der Waals surface area contributed by atoms with Crippen molar-refractivity contribution >= 4 is 15.9 Å². The van der Waals surface area contributed by atoms with Gasteiger partial charge in [0, 0.05) is 13.1 Å². The first-order valence-electron chi connectivity index (χ1n) is 10.2. The molecule has 0 aliphatic heterocycles. The Morgan fingerprint density at radius 3 is 2.18 bits per heavy atom. The summed E-state index contributed by atoms with van der Waals surface area (Å²) in [5.74, 6) is 1.26. The topological polar surface area (TPSA) is 103 Å². The van der Waals surface area contributed by atoms with E-state index in [1.807, 2.05) is 36.4 Å². The van der Waals surface area contributed by atoms with E-state index < -0.39 is 10.0 Å². The van der Waals surface area contributed by atoms with Crippen molar-refractivity contribution in [2.24, 2.45) is 0 Å². The first-order valence-corrected chi connectivity index (χ1v) is 11.6. The van der Waals surface area contributed by atoms with Gasteiger partial charge in [0.25, 0.3) is 5.91 Å². The van der Waals surface area contributed by atoms with Crippen molar-refractivity contribution in [3.05, 3.63) is 83.9 Å². The molecule has 1 amide bonds. The molecule has 8 nitrogen and oxygen atoms in total. The molecule has 0 saturated carbocycles. The quantitative estimate of drug-likeness (QED) is 0.447. The number of carbonyl (C=O) groups excluding carboxylic acids is 1. The summed E-state index contributed by atoms with van der Waals surface area (Å²) in [6.45, 7) is 0.292. The van der Waals surface area contributed by atoms with Crippen molar-refractivity contribution < 1.29 is 27.4 Å². The molecule has 0 bridgehead atoms. The van der Waals surface area contributed by atoms with Crippen molar-refractivity contribution in [3.8, 4) is 17.2 Å². The standard InChI is InChI=1S/C24H26N2O6S/c1-30-22-13-8-19(14-23(22)31-2)15-25-24(27)17-32-20-9-11-21(12-10-20)33(28,29)26-16-18-6-4-3-5-7-18/h3-14,26H,15-17H2,1-2H3,(H,25,27). The van der Waals surface area contributed by atoms with Crippen LogP contribution in [-0.2, 0) is 27.9 Å². The molecule has 0 atom stereocenters. The lowest BCUT2D eigenvalue weighted by atomic mass is 10.2. The van der Waals surface area contributed by atoms with Crippen LogP contribution in [-0.4, -0.2) is 35.2 Å².